The Labute approximate surface area is 133 Å². The van der Waals surface area contributed by atoms with Crippen LogP contribution in [0.25, 0.3) is 22.2 Å². The van der Waals surface area contributed by atoms with Gasteiger partial charge in [0, 0.05) is 28.2 Å². The van der Waals surface area contributed by atoms with Crippen molar-refractivity contribution in [1.82, 2.24) is 4.98 Å². The predicted molar refractivity (Wildman–Crippen MR) is 93.9 cm³/mol. The lowest BCUT2D eigenvalue weighted by Crippen LogP contribution is -1.97. The van der Waals surface area contributed by atoms with E-state index in [1.54, 1.807) is 0 Å². The third-order valence-corrected chi connectivity index (χ3v) is 5.01. The molecule has 1 N–H and O–H groups in total. The summed E-state index contributed by atoms with van der Waals surface area (Å²) < 4.78 is 1.15. The van der Waals surface area contributed by atoms with Crippen LogP contribution in [0.5, 0.6) is 0 Å². The first-order valence-electron chi connectivity index (χ1n) is 6.95. The van der Waals surface area contributed by atoms with Crippen LogP contribution in [0, 0.1) is 13.8 Å². The summed E-state index contributed by atoms with van der Waals surface area (Å²) in [5.74, 6) is 0. The highest BCUT2D eigenvalue weighted by molar-refractivity contribution is 9.10. The molecule has 0 bridgehead atoms. The van der Waals surface area contributed by atoms with Crippen molar-refractivity contribution in [2.24, 2.45) is 0 Å². The van der Waals surface area contributed by atoms with Gasteiger partial charge in [-0.25, -0.2) is 4.98 Å². The normalized spacial score (nSPS) is 10.9. The van der Waals surface area contributed by atoms with E-state index in [4.69, 9.17) is 4.98 Å². The van der Waals surface area contributed by atoms with Crippen molar-refractivity contribution in [2.45, 2.75) is 13.8 Å². The molecule has 3 rings (SSSR count). The van der Waals surface area contributed by atoms with Crippen LogP contribution in [0.3, 0.4) is 0 Å². The van der Waals surface area contributed by atoms with Crippen molar-refractivity contribution >= 4 is 32.5 Å². The van der Waals surface area contributed by atoms with E-state index in [2.05, 4.69) is 59.4 Å². The van der Waals surface area contributed by atoms with E-state index >= 15 is 0 Å². The van der Waals surface area contributed by atoms with Gasteiger partial charge in [0.05, 0.1) is 11.2 Å². The van der Waals surface area contributed by atoms with Crippen LogP contribution in [0.4, 0.5) is 5.69 Å². The van der Waals surface area contributed by atoms with E-state index in [-0.39, 0.29) is 0 Å². The van der Waals surface area contributed by atoms with Gasteiger partial charge in [-0.1, -0.05) is 46.3 Å². The lowest BCUT2D eigenvalue weighted by Gasteiger charge is -2.14. The Bertz CT molecular complexity index is 811. The average Bonchev–Trinajstić information content (AvgIpc) is 2.52. The van der Waals surface area contributed by atoms with E-state index in [1.165, 1.54) is 16.5 Å². The second-order valence-electron chi connectivity index (χ2n) is 5.20. The van der Waals surface area contributed by atoms with E-state index < -0.39 is 0 Å². The molecule has 0 amide bonds. The Morgan fingerprint density at radius 1 is 1.05 bits per heavy atom. The first-order valence-corrected chi connectivity index (χ1v) is 7.74. The summed E-state index contributed by atoms with van der Waals surface area (Å²) in [5.41, 5.74) is 6.69. The van der Waals surface area contributed by atoms with Gasteiger partial charge in [0.25, 0.3) is 0 Å². The van der Waals surface area contributed by atoms with Crippen molar-refractivity contribution in [3.05, 3.63) is 58.1 Å². The number of anilines is 1. The second-order valence-corrected chi connectivity index (χ2v) is 5.99. The van der Waals surface area contributed by atoms with Crippen LogP contribution >= 0.6 is 15.9 Å². The Morgan fingerprint density at radius 3 is 2.43 bits per heavy atom. The number of aromatic nitrogens is 1. The van der Waals surface area contributed by atoms with E-state index in [9.17, 15) is 0 Å². The van der Waals surface area contributed by atoms with Crippen LogP contribution in [-0.4, -0.2) is 12.0 Å². The van der Waals surface area contributed by atoms with Crippen molar-refractivity contribution in [3.8, 4) is 11.3 Å². The Balaban J connectivity index is 2.35. The molecule has 3 heteroatoms. The summed E-state index contributed by atoms with van der Waals surface area (Å²) in [6, 6.07) is 14.5. The maximum atomic E-state index is 4.86. The smallest absolute Gasteiger partial charge is 0.0736 e. The Kier molecular flexibility index (Phi) is 3.68. The van der Waals surface area contributed by atoms with E-state index in [0.29, 0.717) is 0 Å². The van der Waals surface area contributed by atoms with Gasteiger partial charge in [0.1, 0.15) is 0 Å². The number of rotatable bonds is 2. The minimum atomic E-state index is 0.994. The van der Waals surface area contributed by atoms with Crippen LogP contribution < -0.4 is 5.32 Å². The molecule has 1 heterocycles. The standard InChI is InChI=1S/C18H17BrN2/c1-11-9-16-17(12(2)18(11)19)15(20-3)10-14(21-16)13-7-5-4-6-8-13/h4-10H,1-3H3,(H,20,21). The van der Waals surface area contributed by atoms with E-state index in [1.807, 2.05) is 25.2 Å². The van der Waals surface area contributed by atoms with Gasteiger partial charge in [-0.05, 0) is 37.1 Å². The van der Waals surface area contributed by atoms with Crippen LogP contribution in [0.1, 0.15) is 11.1 Å². The maximum Gasteiger partial charge on any atom is 0.0736 e. The van der Waals surface area contributed by atoms with Gasteiger partial charge >= 0.3 is 0 Å². The summed E-state index contributed by atoms with van der Waals surface area (Å²) in [6.07, 6.45) is 0. The van der Waals surface area contributed by atoms with Crippen molar-refractivity contribution < 1.29 is 0 Å². The summed E-state index contributed by atoms with van der Waals surface area (Å²) in [6.45, 7) is 4.23. The van der Waals surface area contributed by atoms with Gasteiger partial charge in [-0.15, -0.1) is 0 Å². The number of nitrogens with one attached hydrogen (secondary N) is 1. The molecule has 3 aromatic rings. The van der Waals surface area contributed by atoms with Gasteiger partial charge in [-0.2, -0.15) is 0 Å². The fourth-order valence-electron chi connectivity index (χ4n) is 2.69. The highest BCUT2D eigenvalue weighted by Gasteiger charge is 2.12. The topological polar surface area (TPSA) is 24.9 Å². The molecule has 0 aliphatic carbocycles. The number of halogens is 1. The third kappa shape index (κ3) is 2.42. The molecule has 0 fully saturated rings. The first kappa shape index (κ1) is 14.1. The quantitative estimate of drug-likeness (QED) is 0.682. The maximum absolute atomic E-state index is 4.86. The lowest BCUT2D eigenvalue weighted by atomic mass is 10.0. The van der Waals surface area contributed by atoms with Gasteiger partial charge < -0.3 is 5.32 Å². The molecule has 21 heavy (non-hydrogen) atoms. The molecule has 0 radical (unpaired) electrons. The number of hydrogen-bond donors (Lipinski definition) is 1. The first-order chi connectivity index (χ1) is 10.1. The minimum Gasteiger partial charge on any atom is -0.388 e. The van der Waals surface area contributed by atoms with Gasteiger partial charge in [0.15, 0.2) is 0 Å². The molecule has 1 aromatic heterocycles. The molecule has 0 spiro atoms. The van der Waals surface area contributed by atoms with Crippen LogP contribution in [0.2, 0.25) is 0 Å². The number of aryl methyl sites for hydroxylation is 2. The number of pyridine rings is 1. The lowest BCUT2D eigenvalue weighted by molar-refractivity contribution is 1.32. The van der Waals surface area contributed by atoms with Crippen LogP contribution in [0.15, 0.2) is 46.9 Å². The predicted octanol–water partition coefficient (Wildman–Crippen LogP) is 5.32. The molecule has 2 aromatic carbocycles. The highest BCUT2D eigenvalue weighted by atomic mass is 79.9. The van der Waals surface area contributed by atoms with Gasteiger partial charge in [0.2, 0.25) is 0 Å². The highest BCUT2D eigenvalue weighted by Crippen LogP contribution is 2.35. The number of fused-ring (bicyclic) bond motifs is 1. The average molecular weight is 341 g/mol. The summed E-state index contributed by atoms with van der Waals surface area (Å²) in [5, 5.41) is 4.48. The summed E-state index contributed by atoms with van der Waals surface area (Å²) >= 11 is 3.67. The van der Waals surface area contributed by atoms with E-state index in [0.717, 1.165) is 26.9 Å². The molecule has 0 aliphatic rings. The molecular formula is C18H17BrN2. The zero-order valence-electron chi connectivity index (χ0n) is 12.4. The molecule has 0 saturated heterocycles. The zero-order valence-corrected chi connectivity index (χ0v) is 14.0. The van der Waals surface area contributed by atoms with Crippen molar-refractivity contribution in [3.63, 3.8) is 0 Å². The fourth-order valence-corrected chi connectivity index (χ4v) is 3.00. The molecule has 0 aliphatic heterocycles. The molecule has 0 saturated carbocycles. The number of benzene rings is 2. The Hall–Kier alpha value is -1.87. The van der Waals surface area contributed by atoms with Crippen molar-refractivity contribution in [1.29, 1.82) is 0 Å². The minimum absolute atomic E-state index is 0.994. The molecular weight excluding hydrogens is 324 g/mol. The third-order valence-electron chi connectivity index (χ3n) is 3.79. The SMILES string of the molecule is CNc1cc(-c2ccccc2)nc2cc(C)c(Br)c(C)c12. The molecule has 2 nitrogen and oxygen atoms in total. The Morgan fingerprint density at radius 2 is 1.76 bits per heavy atom. The summed E-state index contributed by atoms with van der Waals surface area (Å²) in [4.78, 5) is 4.86. The molecule has 106 valence electrons. The number of nitrogens with zero attached hydrogens (tertiary/aromatic N) is 1. The zero-order chi connectivity index (χ0) is 15.0. The summed E-state index contributed by atoms with van der Waals surface area (Å²) in [7, 11) is 1.96. The van der Waals surface area contributed by atoms with Crippen molar-refractivity contribution in [2.75, 3.05) is 12.4 Å². The number of hydrogen-bond acceptors (Lipinski definition) is 2. The fraction of sp³-hybridized carbons (Fsp3) is 0.167. The van der Waals surface area contributed by atoms with Crippen LogP contribution in [-0.2, 0) is 0 Å². The largest absolute Gasteiger partial charge is 0.388 e. The molecule has 0 atom stereocenters. The van der Waals surface area contributed by atoms with Gasteiger partial charge in [-0.3, -0.25) is 0 Å². The monoisotopic (exact) mass is 340 g/mol. The molecule has 0 unspecified atom stereocenters. The second kappa shape index (κ2) is 5.49.